The van der Waals surface area contributed by atoms with E-state index in [0.29, 0.717) is 10.2 Å². The van der Waals surface area contributed by atoms with Crippen LogP contribution < -0.4 is 9.88 Å². The zero-order valence-electron chi connectivity index (χ0n) is 10.5. The van der Waals surface area contributed by atoms with Crippen LogP contribution in [0.2, 0.25) is 0 Å². The molecule has 0 saturated carbocycles. The Balaban J connectivity index is 2.33. The molecule has 1 amide bonds. The Labute approximate surface area is 119 Å². The number of aryl methyl sites for hydroxylation is 1. The van der Waals surface area contributed by atoms with Gasteiger partial charge in [0.2, 0.25) is 0 Å². The molecule has 7 nitrogen and oxygen atoms in total. The molecule has 2 rings (SSSR count). The molecule has 0 atom stereocenters. The highest BCUT2D eigenvalue weighted by molar-refractivity contribution is 7.71. The molecule has 0 aliphatic carbocycles. The van der Waals surface area contributed by atoms with Gasteiger partial charge in [0.1, 0.15) is 11.9 Å². The lowest BCUT2D eigenvalue weighted by Crippen LogP contribution is -2.35. The van der Waals surface area contributed by atoms with Crippen molar-refractivity contribution in [3.8, 4) is 0 Å². The van der Waals surface area contributed by atoms with Gasteiger partial charge >= 0.3 is 4.77 Å². The Morgan fingerprint density at radius 1 is 1.40 bits per heavy atom. The summed E-state index contributed by atoms with van der Waals surface area (Å²) < 4.78 is 2.09. The van der Waals surface area contributed by atoms with Crippen molar-refractivity contribution in [1.82, 2.24) is 4.68 Å². The first kappa shape index (κ1) is 13.8. The van der Waals surface area contributed by atoms with E-state index in [-0.39, 0.29) is 16.4 Å². The van der Waals surface area contributed by atoms with Crippen molar-refractivity contribution in [2.45, 2.75) is 0 Å². The van der Waals surface area contributed by atoms with Gasteiger partial charge in [-0.15, -0.1) is 0 Å². The van der Waals surface area contributed by atoms with Gasteiger partial charge in [0.15, 0.2) is 6.20 Å². The summed E-state index contributed by atoms with van der Waals surface area (Å²) in [7, 11) is 1.57. The van der Waals surface area contributed by atoms with E-state index < -0.39 is 5.03 Å². The molecular weight excluding hydrogens is 280 g/mol. The maximum absolute atomic E-state index is 12.0. The Morgan fingerprint density at radius 3 is 2.65 bits per heavy atom. The maximum atomic E-state index is 12.0. The number of hydrogen-bond acceptors (Lipinski definition) is 4. The van der Waals surface area contributed by atoms with Gasteiger partial charge in [-0.25, -0.2) is 14.7 Å². The smallest absolute Gasteiger partial charge is 0.316 e. The summed E-state index contributed by atoms with van der Waals surface area (Å²) >= 11 is 4.91. The van der Waals surface area contributed by atoms with Crippen molar-refractivity contribution in [3.05, 3.63) is 63.2 Å². The van der Waals surface area contributed by atoms with Crippen LogP contribution in [0.15, 0.2) is 42.7 Å². The van der Waals surface area contributed by atoms with Crippen LogP contribution in [-0.4, -0.2) is 15.6 Å². The van der Waals surface area contributed by atoms with E-state index in [1.807, 2.05) is 0 Å². The molecule has 102 valence electrons. The molecule has 2 aromatic rings. The Morgan fingerprint density at radius 2 is 2.05 bits per heavy atom. The monoisotopic (exact) mass is 291 g/mol. The number of rotatable bonds is 3. The molecule has 0 unspecified atom stereocenters. The fraction of sp³-hybridized carbons (Fsp3) is 0.0833. The molecule has 0 saturated heterocycles. The van der Waals surface area contributed by atoms with Gasteiger partial charge < -0.3 is 5.32 Å². The first-order chi connectivity index (χ1) is 9.49. The lowest BCUT2D eigenvalue weighted by molar-refractivity contribution is -0.700. The average molecular weight is 291 g/mol. The fourth-order valence-corrected chi connectivity index (χ4v) is 1.79. The van der Waals surface area contributed by atoms with E-state index in [4.69, 9.17) is 12.2 Å². The van der Waals surface area contributed by atoms with Crippen LogP contribution in [0, 0.1) is 14.9 Å². The first-order valence-corrected chi connectivity index (χ1v) is 6.03. The molecule has 0 spiro atoms. The third kappa shape index (κ3) is 2.86. The van der Waals surface area contributed by atoms with Crippen molar-refractivity contribution in [2.75, 3.05) is 5.32 Å². The van der Waals surface area contributed by atoms with Crippen LogP contribution in [-0.2, 0) is 7.05 Å². The quantitative estimate of drug-likeness (QED) is 0.400. The molecule has 1 aromatic carbocycles. The van der Waals surface area contributed by atoms with E-state index in [0.717, 1.165) is 0 Å². The molecule has 1 heterocycles. The summed E-state index contributed by atoms with van der Waals surface area (Å²) in [5, 5.41) is 12.8. The molecule has 0 aliphatic rings. The summed E-state index contributed by atoms with van der Waals surface area (Å²) in [5.41, 5.74) is 0.747. The second-order valence-electron chi connectivity index (χ2n) is 4.01. The lowest BCUT2D eigenvalue weighted by Gasteiger charge is -2.03. The highest BCUT2D eigenvalue weighted by Crippen LogP contribution is 2.07. The summed E-state index contributed by atoms with van der Waals surface area (Å²) in [6.07, 6.45) is 2.69. The molecule has 1 N–H and O–H groups in total. The number of nitrogens with one attached hydrogen (secondary N) is 1. The second-order valence-corrected chi connectivity index (χ2v) is 4.37. The Hall–Kier alpha value is -2.61. The molecule has 20 heavy (non-hydrogen) atoms. The molecule has 8 heteroatoms. The van der Waals surface area contributed by atoms with Gasteiger partial charge in [-0.05, 0) is 12.1 Å². The van der Waals surface area contributed by atoms with Gasteiger partial charge in [-0.3, -0.25) is 4.79 Å². The minimum atomic E-state index is -0.652. The minimum absolute atomic E-state index is 0.0210. The van der Waals surface area contributed by atoms with Gasteiger partial charge in [-0.2, -0.15) is 0 Å². The second kappa shape index (κ2) is 5.57. The molecule has 0 aliphatic heterocycles. The SMILES string of the molecule is C[n+]1cc(NC(=O)c2ccccc2)cn([N+](=O)[O-])c1=S. The van der Waals surface area contributed by atoms with E-state index in [2.05, 4.69) is 5.32 Å². The lowest BCUT2D eigenvalue weighted by atomic mass is 10.2. The van der Waals surface area contributed by atoms with Gasteiger partial charge in [-0.1, -0.05) is 18.2 Å². The Kier molecular flexibility index (Phi) is 3.85. The molecule has 0 radical (unpaired) electrons. The van der Waals surface area contributed by atoms with Crippen molar-refractivity contribution in [2.24, 2.45) is 7.05 Å². The van der Waals surface area contributed by atoms with Gasteiger partial charge in [0, 0.05) is 17.8 Å². The largest absolute Gasteiger partial charge is 0.416 e. The standard InChI is InChI=1S/C12H10N4O3S/c1-14-7-10(8-15(12(14)20)16(18)19)13-11(17)9-5-3-2-4-6-9/h2-8H,1H3/p+1. The predicted molar refractivity (Wildman–Crippen MR) is 73.2 cm³/mol. The maximum Gasteiger partial charge on any atom is 0.416 e. The average Bonchev–Trinajstić information content (AvgIpc) is 2.43. The highest BCUT2D eigenvalue weighted by Gasteiger charge is 2.18. The zero-order valence-corrected chi connectivity index (χ0v) is 11.3. The summed E-state index contributed by atoms with van der Waals surface area (Å²) in [6, 6.07) is 8.57. The van der Waals surface area contributed by atoms with E-state index in [1.54, 1.807) is 37.4 Å². The van der Waals surface area contributed by atoms with Crippen molar-refractivity contribution in [1.29, 1.82) is 0 Å². The van der Waals surface area contributed by atoms with Crippen molar-refractivity contribution >= 4 is 23.8 Å². The summed E-state index contributed by atoms with van der Waals surface area (Å²) in [6.45, 7) is 0. The fourth-order valence-electron chi connectivity index (χ4n) is 1.62. The number of aromatic nitrogens is 2. The van der Waals surface area contributed by atoms with Crippen LogP contribution in [0.25, 0.3) is 0 Å². The Bertz CT molecular complexity index is 727. The molecule has 0 fully saturated rings. The van der Waals surface area contributed by atoms with Crippen molar-refractivity contribution in [3.63, 3.8) is 0 Å². The highest BCUT2D eigenvalue weighted by atomic mass is 32.1. The van der Waals surface area contributed by atoms with E-state index in [9.17, 15) is 14.9 Å². The van der Waals surface area contributed by atoms with Crippen LogP contribution >= 0.6 is 12.2 Å². The van der Waals surface area contributed by atoms with Gasteiger partial charge in [0.05, 0.1) is 11.7 Å². The number of hydrogen-bond donors (Lipinski definition) is 1. The van der Waals surface area contributed by atoms with Crippen LogP contribution in [0.1, 0.15) is 10.4 Å². The third-order valence-electron chi connectivity index (χ3n) is 2.56. The molecule has 0 bridgehead atoms. The summed E-state index contributed by atoms with van der Waals surface area (Å²) in [4.78, 5) is 22.8. The number of carbonyl (C=O) groups excluding carboxylic acids is 1. The van der Waals surface area contributed by atoms with Crippen molar-refractivity contribution < 1.29 is 14.4 Å². The molecular formula is C12H11N4O3S+. The zero-order chi connectivity index (χ0) is 14.7. The summed E-state index contributed by atoms with van der Waals surface area (Å²) in [5.74, 6) is -0.349. The van der Waals surface area contributed by atoms with Crippen LogP contribution in [0.3, 0.4) is 0 Å². The topological polar surface area (TPSA) is 81.0 Å². The number of amides is 1. The van der Waals surface area contributed by atoms with E-state index in [1.165, 1.54) is 17.0 Å². The predicted octanol–water partition coefficient (Wildman–Crippen LogP) is 1.33. The number of anilines is 1. The minimum Gasteiger partial charge on any atom is -0.316 e. The third-order valence-corrected chi connectivity index (χ3v) is 3.04. The number of benzene rings is 1. The van der Waals surface area contributed by atoms with Gasteiger partial charge in [0.25, 0.3) is 10.9 Å². The number of nitro groups is 1. The number of nitrogens with zero attached hydrogens (tertiary/aromatic N) is 3. The first-order valence-electron chi connectivity index (χ1n) is 5.62. The van der Waals surface area contributed by atoms with Crippen LogP contribution in [0.5, 0.6) is 0 Å². The van der Waals surface area contributed by atoms with E-state index >= 15 is 0 Å². The van der Waals surface area contributed by atoms with Crippen LogP contribution in [0.4, 0.5) is 5.69 Å². The number of carbonyl (C=O) groups is 1. The normalized spacial score (nSPS) is 10.1. The molecule has 1 aromatic heterocycles.